The first-order valence-electron chi connectivity index (χ1n) is 9.05. The van der Waals surface area contributed by atoms with E-state index in [1.165, 1.54) is 5.56 Å². The van der Waals surface area contributed by atoms with Crippen molar-refractivity contribution >= 4 is 16.9 Å². The van der Waals surface area contributed by atoms with E-state index >= 15 is 0 Å². The van der Waals surface area contributed by atoms with Crippen molar-refractivity contribution < 1.29 is 18.5 Å². The van der Waals surface area contributed by atoms with Gasteiger partial charge in [-0.15, -0.1) is 0 Å². The molecule has 0 saturated carbocycles. The summed E-state index contributed by atoms with van der Waals surface area (Å²) in [5.41, 5.74) is 2.15. The molecule has 2 aromatic rings. The number of nitrogens with zero attached hydrogens (tertiary/aromatic N) is 1. The summed E-state index contributed by atoms with van der Waals surface area (Å²) in [7, 11) is 0.520. The third-order valence-electron chi connectivity index (χ3n) is 4.93. The van der Waals surface area contributed by atoms with Crippen LogP contribution in [0.1, 0.15) is 29.9 Å². The van der Waals surface area contributed by atoms with Crippen LogP contribution >= 0.6 is 0 Å². The van der Waals surface area contributed by atoms with Crippen LogP contribution < -0.4 is 4.74 Å². The zero-order chi connectivity index (χ0) is 19.2. The lowest BCUT2D eigenvalue weighted by Crippen LogP contribution is -2.38. The molecule has 0 radical (unpaired) electrons. The number of rotatable bonds is 5. The number of methoxy groups -OCH3 is 1. The molecule has 1 amide bonds. The highest BCUT2D eigenvalue weighted by Crippen LogP contribution is 2.32. The maximum absolute atomic E-state index is 12.3. The summed E-state index contributed by atoms with van der Waals surface area (Å²) >= 11 is 0. The number of piperidine rings is 1. The Hall–Kier alpha value is -2.34. The van der Waals surface area contributed by atoms with Crippen LogP contribution in [0.3, 0.4) is 0 Å². The first-order chi connectivity index (χ1) is 13.1. The third-order valence-corrected chi connectivity index (χ3v) is 5.88. The quantitative estimate of drug-likeness (QED) is 0.780. The van der Waals surface area contributed by atoms with E-state index in [1.807, 2.05) is 48.5 Å². The van der Waals surface area contributed by atoms with E-state index in [1.54, 1.807) is 18.3 Å². The minimum Gasteiger partial charge on any atom is -0.495 e. The highest BCUT2D eigenvalue weighted by atomic mass is 32.2. The van der Waals surface area contributed by atoms with Crippen LogP contribution in [-0.2, 0) is 22.1 Å². The zero-order valence-corrected chi connectivity index (χ0v) is 16.5. The fourth-order valence-electron chi connectivity index (χ4n) is 3.38. The summed E-state index contributed by atoms with van der Waals surface area (Å²) in [6.45, 7) is 1.64. The lowest BCUT2D eigenvalue weighted by molar-refractivity contribution is 0.0870. The highest BCUT2D eigenvalue weighted by Gasteiger charge is 2.25. The molecule has 0 N–H and O–H groups in total. The Kier molecular flexibility index (Phi) is 6.50. The Bertz CT molecular complexity index is 801. The normalized spacial score (nSPS) is 16.0. The number of hydrogen-bond acceptors (Lipinski definition) is 4. The summed E-state index contributed by atoms with van der Waals surface area (Å²) in [5, 5.41) is 0. The van der Waals surface area contributed by atoms with Crippen molar-refractivity contribution in [3.63, 3.8) is 0 Å². The Balaban J connectivity index is 1.55. The second kappa shape index (κ2) is 9.04. The SMILES string of the molecule is COc1cc(C2CCN(C(=O)OCc3ccccc3)CC2)ccc1[S@@](C)=O. The van der Waals surface area contributed by atoms with Gasteiger partial charge in [0.25, 0.3) is 0 Å². The van der Waals surface area contributed by atoms with Gasteiger partial charge < -0.3 is 14.4 Å². The van der Waals surface area contributed by atoms with Crippen LogP contribution in [0.15, 0.2) is 53.4 Å². The second-order valence-corrected chi connectivity index (χ2v) is 8.01. The lowest BCUT2D eigenvalue weighted by atomic mass is 9.89. The summed E-state index contributed by atoms with van der Waals surface area (Å²) in [4.78, 5) is 14.8. The van der Waals surface area contributed by atoms with Crippen molar-refractivity contribution in [1.82, 2.24) is 4.90 Å². The molecule has 0 unspecified atom stereocenters. The number of carbonyl (C=O) groups is 1. The molecule has 1 aliphatic rings. The zero-order valence-electron chi connectivity index (χ0n) is 15.7. The Morgan fingerprint density at radius 1 is 1.15 bits per heavy atom. The molecule has 3 rings (SSSR count). The van der Waals surface area contributed by atoms with Crippen LogP contribution in [0.2, 0.25) is 0 Å². The number of hydrogen-bond donors (Lipinski definition) is 0. The molecule has 1 saturated heterocycles. The van der Waals surface area contributed by atoms with Gasteiger partial charge in [0, 0.05) is 19.3 Å². The van der Waals surface area contributed by atoms with Gasteiger partial charge in [-0.2, -0.15) is 0 Å². The topological polar surface area (TPSA) is 55.8 Å². The second-order valence-electron chi connectivity index (χ2n) is 6.67. The Morgan fingerprint density at radius 2 is 1.85 bits per heavy atom. The fraction of sp³-hybridized carbons (Fsp3) is 0.381. The van der Waals surface area contributed by atoms with E-state index in [2.05, 4.69) is 0 Å². The van der Waals surface area contributed by atoms with Crippen molar-refractivity contribution in [2.45, 2.75) is 30.3 Å². The summed E-state index contributed by atoms with van der Waals surface area (Å²) < 4.78 is 22.6. The number of carbonyl (C=O) groups excluding carboxylic acids is 1. The van der Waals surface area contributed by atoms with Crippen LogP contribution in [-0.4, -0.2) is 41.7 Å². The molecule has 27 heavy (non-hydrogen) atoms. The predicted molar refractivity (Wildman–Crippen MR) is 106 cm³/mol. The van der Waals surface area contributed by atoms with Gasteiger partial charge in [0.05, 0.1) is 22.8 Å². The molecule has 5 nitrogen and oxygen atoms in total. The molecule has 1 fully saturated rings. The summed E-state index contributed by atoms with van der Waals surface area (Å²) in [6, 6.07) is 15.6. The number of amides is 1. The van der Waals surface area contributed by atoms with Gasteiger partial charge in [-0.1, -0.05) is 36.4 Å². The first kappa shape index (κ1) is 19.4. The smallest absolute Gasteiger partial charge is 0.410 e. The molecule has 0 bridgehead atoms. The van der Waals surface area contributed by atoms with E-state index in [0.717, 1.165) is 18.4 Å². The van der Waals surface area contributed by atoms with E-state index < -0.39 is 10.8 Å². The number of ether oxygens (including phenoxy) is 2. The summed E-state index contributed by atoms with van der Waals surface area (Å²) in [5.74, 6) is 1.02. The molecule has 144 valence electrons. The lowest BCUT2D eigenvalue weighted by Gasteiger charge is -2.31. The van der Waals surface area contributed by atoms with Crippen molar-refractivity contribution in [3.8, 4) is 5.75 Å². The average Bonchev–Trinajstić information content (AvgIpc) is 2.72. The highest BCUT2D eigenvalue weighted by molar-refractivity contribution is 7.84. The van der Waals surface area contributed by atoms with Crippen LogP contribution in [0.5, 0.6) is 5.75 Å². The van der Waals surface area contributed by atoms with Gasteiger partial charge in [0.2, 0.25) is 0 Å². The standard InChI is InChI=1S/C21H25NO4S/c1-25-19-14-18(8-9-20(19)27(2)24)17-10-12-22(13-11-17)21(23)26-15-16-6-4-3-5-7-16/h3-9,14,17H,10-13,15H2,1-2H3/t27-/m1/s1. The predicted octanol–water partition coefficient (Wildman–Crippen LogP) is 3.95. The van der Waals surface area contributed by atoms with Gasteiger partial charge >= 0.3 is 6.09 Å². The minimum absolute atomic E-state index is 0.258. The largest absolute Gasteiger partial charge is 0.495 e. The maximum Gasteiger partial charge on any atom is 0.410 e. The van der Waals surface area contributed by atoms with Gasteiger partial charge in [-0.05, 0) is 42.0 Å². The molecule has 1 heterocycles. The molecule has 1 atom stereocenters. The molecule has 2 aromatic carbocycles. The molecule has 0 aliphatic carbocycles. The van der Waals surface area contributed by atoms with Crippen molar-refractivity contribution in [1.29, 1.82) is 0 Å². The molecule has 0 aromatic heterocycles. The number of benzene rings is 2. The minimum atomic E-state index is -1.08. The third kappa shape index (κ3) is 4.89. The van der Waals surface area contributed by atoms with Crippen molar-refractivity contribution in [2.75, 3.05) is 26.5 Å². The fourth-order valence-corrected chi connectivity index (χ4v) is 4.07. The Morgan fingerprint density at radius 3 is 2.48 bits per heavy atom. The van der Waals surface area contributed by atoms with Crippen LogP contribution in [0, 0.1) is 0 Å². The molecule has 0 spiro atoms. The van der Waals surface area contributed by atoms with E-state index in [0.29, 0.717) is 36.3 Å². The average molecular weight is 388 g/mol. The molecular formula is C21H25NO4S. The van der Waals surface area contributed by atoms with Crippen molar-refractivity contribution in [2.24, 2.45) is 0 Å². The Labute approximate surface area is 162 Å². The van der Waals surface area contributed by atoms with Gasteiger partial charge in [-0.25, -0.2) is 4.79 Å². The van der Waals surface area contributed by atoms with Crippen LogP contribution in [0.25, 0.3) is 0 Å². The monoisotopic (exact) mass is 387 g/mol. The van der Waals surface area contributed by atoms with Crippen LogP contribution in [0.4, 0.5) is 4.79 Å². The van der Waals surface area contributed by atoms with Gasteiger partial charge in [0.15, 0.2) is 0 Å². The van der Waals surface area contributed by atoms with E-state index in [4.69, 9.17) is 9.47 Å². The van der Waals surface area contributed by atoms with Gasteiger partial charge in [-0.3, -0.25) is 4.21 Å². The molecular weight excluding hydrogens is 362 g/mol. The maximum atomic E-state index is 12.3. The molecule has 6 heteroatoms. The summed E-state index contributed by atoms with van der Waals surface area (Å²) in [6.07, 6.45) is 3.14. The van der Waals surface area contributed by atoms with Gasteiger partial charge in [0.1, 0.15) is 12.4 Å². The van der Waals surface area contributed by atoms with E-state index in [9.17, 15) is 9.00 Å². The molecule has 1 aliphatic heterocycles. The van der Waals surface area contributed by atoms with Crippen molar-refractivity contribution in [3.05, 3.63) is 59.7 Å². The number of likely N-dealkylation sites (tertiary alicyclic amines) is 1. The first-order valence-corrected chi connectivity index (χ1v) is 10.6. The van der Waals surface area contributed by atoms with E-state index in [-0.39, 0.29) is 6.09 Å².